The number of halogens is 1. The summed E-state index contributed by atoms with van der Waals surface area (Å²) >= 11 is 6.42. The van der Waals surface area contributed by atoms with Crippen LogP contribution < -0.4 is 10.1 Å². The van der Waals surface area contributed by atoms with Crippen LogP contribution in [0.2, 0.25) is 0 Å². The largest absolute Gasteiger partial charge is 0.481 e. The number of nitrogens with one attached hydrogen (secondary N) is 1. The molecule has 0 saturated heterocycles. The lowest BCUT2D eigenvalue weighted by molar-refractivity contribution is 0.386. The first-order chi connectivity index (χ1) is 8.81. The van der Waals surface area contributed by atoms with Gasteiger partial charge in [-0.15, -0.1) is 11.6 Å². The second kappa shape index (κ2) is 6.95. The molecule has 1 saturated carbocycles. The lowest BCUT2D eigenvalue weighted by Crippen LogP contribution is -2.35. The molecule has 1 aliphatic carbocycles. The number of alkyl halides is 1. The highest BCUT2D eigenvalue weighted by atomic mass is 35.5. The van der Waals surface area contributed by atoms with Gasteiger partial charge in [0, 0.05) is 29.7 Å². The average molecular weight is 269 g/mol. The van der Waals surface area contributed by atoms with Crippen LogP contribution in [0.3, 0.4) is 0 Å². The highest BCUT2D eigenvalue weighted by Gasteiger charge is 2.21. The van der Waals surface area contributed by atoms with E-state index in [4.69, 9.17) is 16.3 Å². The highest BCUT2D eigenvalue weighted by Crippen LogP contribution is 2.23. The third kappa shape index (κ3) is 3.59. The first kappa shape index (κ1) is 13.6. The maximum Gasteiger partial charge on any atom is 0.217 e. The Morgan fingerprint density at radius 1 is 1.39 bits per heavy atom. The minimum absolute atomic E-state index is 0.246. The normalized spacial score (nSPS) is 24.6. The molecular formula is C14H21ClN2O. The topological polar surface area (TPSA) is 34.1 Å². The molecule has 1 aromatic heterocycles. The van der Waals surface area contributed by atoms with Crippen LogP contribution in [0.25, 0.3) is 0 Å². The number of rotatable bonds is 4. The number of ether oxygens (including phenoxy) is 1. The van der Waals surface area contributed by atoms with Gasteiger partial charge in [-0.3, -0.25) is 0 Å². The van der Waals surface area contributed by atoms with Crippen molar-refractivity contribution in [1.29, 1.82) is 0 Å². The molecule has 2 rings (SSSR count). The molecule has 1 aliphatic rings. The van der Waals surface area contributed by atoms with Crippen LogP contribution in [0.15, 0.2) is 18.3 Å². The van der Waals surface area contributed by atoms with Crippen LogP contribution in [0, 0.1) is 0 Å². The minimum Gasteiger partial charge on any atom is -0.481 e. The number of pyridine rings is 1. The number of hydrogen-bond donors (Lipinski definition) is 1. The summed E-state index contributed by atoms with van der Waals surface area (Å²) in [4.78, 5) is 4.20. The molecule has 0 amide bonds. The van der Waals surface area contributed by atoms with Crippen molar-refractivity contribution in [3.8, 4) is 5.88 Å². The van der Waals surface area contributed by atoms with Crippen molar-refractivity contribution in [2.24, 2.45) is 0 Å². The smallest absolute Gasteiger partial charge is 0.217 e. The Kier molecular flexibility index (Phi) is 5.26. The van der Waals surface area contributed by atoms with Gasteiger partial charge in [0.1, 0.15) is 0 Å². The van der Waals surface area contributed by atoms with Crippen LogP contribution >= 0.6 is 11.6 Å². The fraction of sp³-hybridized carbons (Fsp3) is 0.643. The zero-order chi connectivity index (χ0) is 12.8. The molecule has 0 aliphatic heterocycles. The molecule has 0 aromatic carbocycles. The Morgan fingerprint density at radius 3 is 3.06 bits per heavy atom. The Labute approximate surface area is 114 Å². The standard InChI is InChI=1S/C14H21ClN2O/c1-18-14-11(6-5-9-16-14)10-17-13-8-4-2-3-7-12(13)15/h5-6,9,12-13,17H,2-4,7-8,10H2,1H3. The van der Waals surface area contributed by atoms with Crippen molar-refractivity contribution in [2.75, 3.05) is 7.11 Å². The van der Waals surface area contributed by atoms with Gasteiger partial charge in [0.25, 0.3) is 0 Å². The van der Waals surface area contributed by atoms with E-state index in [9.17, 15) is 0 Å². The van der Waals surface area contributed by atoms with Gasteiger partial charge in [0.05, 0.1) is 7.11 Å². The monoisotopic (exact) mass is 268 g/mol. The molecule has 0 bridgehead atoms. The van der Waals surface area contributed by atoms with Crippen LogP contribution in [-0.2, 0) is 6.54 Å². The fourth-order valence-electron chi connectivity index (χ4n) is 2.48. The van der Waals surface area contributed by atoms with Crippen molar-refractivity contribution in [3.63, 3.8) is 0 Å². The second-order valence-electron chi connectivity index (χ2n) is 4.81. The van der Waals surface area contributed by atoms with E-state index in [-0.39, 0.29) is 5.38 Å². The van der Waals surface area contributed by atoms with Crippen LogP contribution in [0.4, 0.5) is 0 Å². The fourth-order valence-corrected chi connectivity index (χ4v) is 2.85. The van der Waals surface area contributed by atoms with Gasteiger partial charge in [0.2, 0.25) is 5.88 Å². The molecule has 4 heteroatoms. The summed E-state index contributed by atoms with van der Waals surface area (Å²) in [6.07, 6.45) is 7.85. The van der Waals surface area contributed by atoms with Gasteiger partial charge in [-0.2, -0.15) is 0 Å². The molecule has 2 unspecified atom stereocenters. The van der Waals surface area contributed by atoms with E-state index < -0.39 is 0 Å². The highest BCUT2D eigenvalue weighted by molar-refractivity contribution is 6.21. The molecule has 1 N–H and O–H groups in total. The summed E-state index contributed by atoms with van der Waals surface area (Å²) in [5, 5.41) is 3.80. The SMILES string of the molecule is COc1ncccc1CNC1CCCCCC1Cl. The molecule has 2 atom stereocenters. The number of methoxy groups -OCH3 is 1. The van der Waals surface area contributed by atoms with E-state index in [1.807, 2.05) is 12.1 Å². The lowest BCUT2D eigenvalue weighted by atomic mass is 10.1. The lowest BCUT2D eigenvalue weighted by Gasteiger charge is -2.21. The average Bonchev–Trinajstić information content (AvgIpc) is 2.61. The number of nitrogens with zero attached hydrogens (tertiary/aromatic N) is 1. The van der Waals surface area contributed by atoms with E-state index in [2.05, 4.69) is 10.3 Å². The Hall–Kier alpha value is -0.800. The van der Waals surface area contributed by atoms with Gasteiger partial charge in [-0.25, -0.2) is 4.98 Å². The van der Waals surface area contributed by atoms with Crippen molar-refractivity contribution in [2.45, 2.75) is 50.1 Å². The zero-order valence-corrected chi connectivity index (χ0v) is 11.6. The van der Waals surface area contributed by atoms with Crippen LogP contribution in [0.1, 0.15) is 37.7 Å². The predicted molar refractivity (Wildman–Crippen MR) is 74.1 cm³/mol. The Balaban J connectivity index is 1.93. The third-order valence-corrected chi connectivity index (χ3v) is 4.05. The van der Waals surface area contributed by atoms with Gasteiger partial charge >= 0.3 is 0 Å². The summed E-state index contributed by atoms with van der Waals surface area (Å²) in [5.74, 6) is 0.699. The second-order valence-corrected chi connectivity index (χ2v) is 5.37. The Bertz CT molecular complexity index is 373. The first-order valence-corrected chi connectivity index (χ1v) is 7.10. The molecule has 0 radical (unpaired) electrons. The van der Waals surface area contributed by atoms with Gasteiger partial charge in [-0.1, -0.05) is 25.3 Å². The quantitative estimate of drug-likeness (QED) is 0.673. The van der Waals surface area contributed by atoms with Gasteiger partial charge < -0.3 is 10.1 Å². The minimum atomic E-state index is 0.246. The molecular weight excluding hydrogens is 248 g/mol. The molecule has 1 heterocycles. The number of hydrogen-bond acceptors (Lipinski definition) is 3. The van der Waals surface area contributed by atoms with Gasteiger partial charge in [-0.05, 0) is 18.9 Å². The van der Waals surface area contributed by atoms with E-state index in [1.165, 1.54) is 19.3 Å². The summed E-state index contributed by atoms with van der Waals surface area (Å²) in [7, 11) is 1.65. The summed E-state index contributed by atoms with van der Waals surface area (Å²) in [6.45, 7) is 0.769. The predicted octanol–water partition coefficient (Wildman–Crippen LogP) is 3.12. The summed E-state index contributed by atoms with van der Waals surface area (Å²) < 4.78 is 5.25. The number of aromatic nitrogens is 1. The summed E-state index contributed by atoms with van der Waals surface area (Å²) in [5.41, 5.74) is 1.09. The molecule has 100 valence electrons. The van der Waals surface area contributed by atoms with Crippen LogP contribution in [0.5, 0.6) is 5.88 Å². The first-order valence-electron chi connectivity index (χ1n) is 6.66. The maximum atomic E-state index is 6.42. The van der Waals surface area contributed by atoms with Crippen LogP contribution in [-0.4, -0.2) is 23.5 Å². The van der Waals surface area contributed by atoms with Crippen molar-refractivity contribution >= 4 is 11.6 Å². The van der Waals surface area contributed by atoms with E-state index in [0.717, 1.165) is 24.9 Å². The Morgan fingerprint density at radius 2 is 2.22 bits per heavy atom. The van der Waals surface area contributed by atoms with E-state index in [0.29, 0.717) is 11.9 Å². The van der Waals surface area contributed by atoms with Crippen molar-refractivity contribution in [1.82, 2.24) is 10.3 Å². The maximum absolute atomic E-state index is 6.42. The van der Waals surface area contributed by atoms with Gasteiger partial charge in [0.15, 0.2) is 0 Å². The molecule has 0 spiro atoms. The van der Waals surface area contributed by atoms with E-state index >= 15 is 0 Å². The molecule has 3 nitrogen and oxygen atoms in total. The van der Waals surface area contributed by atoms with Crippen molar-refractivity contribution < 1.29 is 4.74 Å². The van der Waals surface area contributed by atoms with Crippen molar-refractivity contribution in [3.05, 3.63) is 23.9 Å². The van der Waals surface area contributed by atoms with E-state index in [1.54, 1.807) is 13.3 Å². The molecule has 1 fully saturated rings. The molecule has 18 heavy (non-hydrogen) atoms. The zero-order valence-electron chi connectivity index (χ0n) is 10.9. The third-order valence-electron chi connectivity index (χ3n) is 3.53. The summed E-state index contributed by atoms with van der Waals surface area (Å²) in [6, 6.07) is 4.38. The molecule has 1 aromatic rings.